The van der Waals surface area contributed by atoms with Gasteiger partial charge in [0, 0.05) is 23.7 Å². The Labute approximate surface area is 166 Å². The molecule has 2 aromatic rings. The minimum atomic E-state index is -0.589. The molecule has 2 aliphatic heterocycles. The fourth-order valence-corrected chi connectivity index (χ4v) is 4.54. The maximum atomic E-state index is 13.0. The second-order valence-corrected chi connectivity index (χ2v) is 7.53. The lowest BCUT2D eigenvalue weighted by molar-refractivity contribution is -0.151. The lowest BCUT2D eigenvalue weighted by Crippen LogP contribution is -2.68. The molecule has 1 aromatic carbocycles. The number of β-lactam (4-membered cyclic amide) rings is 1. The second kappa shape index (κ2) is 7.65. The molecule has 2 aliphatic rings. The van der Waals surface area contributed by atoms with E-state index in [0.29, 0.717) is 5.75 Å². The number of nitrogens with zero attached hydrogens (tertiary/aromatic N) is 2. The lowest BCUT2D eigenvalue weighted by atomic mass is 10.00. The van der Waals surface area contributed by atoms with E-state index < -0.39 is 12.0 Å². The molecule has 1 aromatic heterocycles. The Hall–Kier alpha value is -2.84. The molecule has 2 atom stereocenters. The number of carbonyl (C=O) groups is 2. The summed E-state index contributed by atoms with van der Waals surface area (Å²) in [6, 6.07) is 10.3. The van der Waals surface area contributed by atoms with Crippen LogP contribution in [0.4, 0.5) is 0 Å². The fraction of sp³-hybridized carbons (Fsp3) is 0.250. The van der Waals surface area contributed by atoms with Crippen molar-refractivity contribution in [2.45, 2.75) is 18.0 Å². The minimum absolute atomic E-state index is 0.0991. The van der Waals surface area contributed by atoms with Gasteiger partial charge in [0.15, 0.2) is 0 Å². The maximum absolute atomic E-state index is 13.0. The van der Waals surface area contributed by atoms with Gasteiger partial charge in [-0.05, 0) is 35.4 Å². The number of aromatic nitrogens is 1. The molecule has 0 saturated carbocycles. The standard InChI is InChI=1S/C20H19N3O4S/c1-26-14-4-2-12(3-5-14)10-27-20(25)17-15(13-6-8-22-9-7-13)11-28-19-16(21)18(24)23(17)19/h2-9,16,19H,10-11,21H2,1H3/t16-,19-/m0/s1. The summed E-state index contributed by atoms with van der Waals surface area (Å²) in [5, 5.41) is -0.235. The number of benzene rings is 1. The van der Waals surface area contributed by atoms with Gasteiger partial charge < -0.3 is 15.2 Å². The summed E-state index contributed by atoms with van der Waals surface area (Å²) in [6.45, 7) is 0.0991. The zero-order valence-electron chi connectivity index (χ0n) is 15.2. The van der Waals surface area contributed by atoms with Crippen LogP contribution in [0.2, 0.25) is 0 Å². The number of ether oxygens (including phenoxy) is 2. The molecular formula is C20H19N3O4S. The molecule has 2 N–H and O–H groups in total. The summed E-state index contributed by atoms with van der Waals surface area (Å²) in [5.74, 6) is 0.498. The Kier molecular flexibility index (Phi) is 5.06. The van der Waals surface area contributed by atoms with E-state index in [9.17, 15) is 9.59 Å². The summed E-state index contributed by atoms with van der Waals surface area (Å²) >= 11 is 1.55. The highest BCUT2D eigenvalue weighted by molar-refractivity contribution is 8.00. The molecule has 0 aliphatic carbocycles. The molecule has 1 saturated heterocycles. The molecule has 0 spiro atoms. The number of pyridine rings is 1. The van der Waals surface area contributed by atoms with E-state index in [2.05, 4.69) is 4.98 Å². The van der Waals surface area contributed by atoms with E-state index in [4.69, 9.17) is 15.2 Å². The van der Waals surface area contributed by atoms with Crippen LogP contribution in [0.25, 0.3) is 5.57 Å². The van der Waals surface area contributed by atoms with Crippen molar-refractivity contribution >= 4 is 29.2 Å². The normalized spacial score (nSPS) is 21.1. The number of hydrogen-bond donors (Lipinski definition) is 1. The molecular weight excluding hydrogens is 378 g/mol. The van der Waals surface area contributed by atoms with Gasteiger partial charge in [-0.25, -0.2) is 4.79 Å². The quantitative estimate of drug-likeness (QED) is 0.607. The molecule has 4 rings (SSSR count). The van der Waals surface area contributed by atoms with Crippen molar-refractivity contribution < 1.29 is 19.1 Å². The molecule has 28 heavy (non-hydrogen) atoms. The summed E-state index contributed by atoms with van der Waals surface area (Å²) in [4.78, 5) is 30.8. The van der Waals surface area contributed by atoms with Gasteiger partial charge in [-0.15, -0.1) is 11.8 Å². The molecule has 3 heterocycles. The van der Waals surface area contributed by atoms with Crippen LogP contribution < -0.4 is 10.5 Å². The molecule has 7 nitrogen and oxygen atoms in total. The number of esters is 1. The first-order valence-corrected chi connectivity index (χ1v) is 9.79. The monoisotopic (exact) mass is 397 g/mol. The Balaban J connectivity index is 1.60. The zero-order valence-corrected chi connectivity index (χ0v) is 16.0. The maximum Gasteiger partial charge on any atom is 0.355 e. The highest BCUT2D eigenvalue weighted by Crippen LogP contribution is 2.42. The average molecular weight is 397 g/mol. The van der Waals surface area contributed by atoms with Gasteiger partial charge in [0.05, 0.1) is 7.11 Å². The molecule has 1 amide bonds. The van der Waals surface area contributed by atoms with Crippen molar-refractivity contribution in [3.05, 3.63) is 65.6 Å². The Bertz CT molecular complexity index is 930. The van der Waals surface area contributed by atoms with Crippen LogP contribution in [-0.2, 0) is 20.9 Å². The van der Waals surface area contributed by atoms with Crippen molar-refractivity contribution in [1.29, 1.82) is 0 Å². The first kappa shape index (κ1) is 18.5. The van der Waals surface area contributed by atoms with E-state index in [1.165, 1.54) is 4.90 Å². The number of carbonyl (C=O) groups excluding carboxylic acids is 2. The van der Waals surface area contributed by atoms with Crippen molar-refractivity contribution in [3.8, 4) is 5.75 Å². The number of nitrogens with two attached hydrogens (primary N) is 1. The first-order chi connectivity index (χ1) is 13.6. The predicted molar refractivity (Wildman–Crippen MR) is 105 cm³/mol. The van der Waals surface area contributed by atoms with Crippen molar-refractivity contribution in [1.82, 2.24) is 9.88 Å². The number of methoxy groups -OCH3 is 1. The van der Waals surface area contributed by atoms with Gasteiger partial charge >= 0.3 is 5.97 Å². The third-order valence-electron chi connectivity index (χ3n) is 4.76. The minimum Gasteiger partial charge on any atom is -0.497 e. The highest BCUT2D eigenvalue weighted by atomic mass is 32.2. The topological polar surface area (TPSA) is 94.7 Å². The van der Waals surface area contributed by atoms with Crippen LogP contribution in [0, 0.1) is 0 Å². The van der Waals surface area contributed by atoms with Gasteiger partial charge in [-0.2, -0.15) is 0 Å². The van der Waals surface area contributed by atoms with Crippen LogP contribution in [-0.4, -0.2) is 46.0 Å². The van der Waals surface area contributed by atoms with Gasteiger partial charge in [0.1, 0.15) is 29.5 Å². The van der Waals surface area contributed by atoms with E-state index in [1.54, 1.807) is 43.4 Å². The van der Waals surface area contributed by atoms with E-state index in [-0.39, 0.29) is 23.6 Å². The van der Waals surface area contributed by atoms with Crippen molar-refractivity contribution in [3.63, 3.8) is 0 Å². The van der Waals surface area contributed by atoms with Crippen LogP contribution in [0.15, 0.2) is 54.5 Å². The molecule has 144 valence electrons. The third-order valence-corrected chi connectivity index (χ3v) is 6.06. The summed E-state index contributed by atoms with van der Waals surface area (Å²) in [6.07, 6.45) is 3.31. The number of rotatable bonds is 5. The number of thioether (sulfide) groups is 1. The molecule has 0 radical (unpaired) electrons. The van der Waals surface area contributed by atoms with E-state index in [1.807, 2.05) is 24.3 Å². The zero-order chi connectivity index (χ0) is 19.7. The second-order valence-electron chi connectivity index (χ2n) is 6.42. The van der Waals surface area contributed by atoms with Gasteiger partial charge in [0.2, 0.25) is 5.91 Å². The fourth-order valence-electron chi connectivity index (χ4n) is 3.22. The summed E-state index contributed by atoms with van der Waals surface area (Å²) < 4.78 is 10.7. The highest BCUT2D eigenvalue weighted by Gasteiger charge is 2.52. The molecule has 0 bridgehead atoms. The van der Waals surface area contributed by atoms with Crippen molar-refractivity contribution in [2.24, 2.45) is 5.73 Å². The average Bonchev–Trinajstić information content (AvgIpc) is 2.76. The summed E-state index contributed by atoms with van der Waals surface area (Å²) in [5.41, 5.74) is 8.60. The number of hydrogen-bond acceptors (Lipinski definition) is 7. The SMILES string of the molecule is COc1ccc(COC(=O)C2=C(c3ccncc3)CS[C@H]3[C@@H](N)C(=O)N23)cc1. The Morgan fingerprint density at radius 2 is 1.96 bits per heavy atom. The van der Waals surface area contributed by atoms with E-state index >= 15 is 0 Å². The molecule has 8 heteroatoms. The smallest absolute Gasteiger partial charge is 0.355 e. The summed E-state index contributed by atoms with van der Waals surface area (Å²) in [7, 11) is 1.59. The van der Waals surface area contributed by atoms with E-state index in [0.717, 1.165) is 22.4 Å². The number of fused-ring (bicyclic) bond motifs is 1. The number of amides is 1. The Morgan fingerprint density at radius 1 is 1.25 bits per heavy atom. The van der Waals surface area contributed by atoms with Crippen molar-refractivity contribution in [2.75, 3.05) is 12.9 Å². The lowest BCUT2D eigenvalue weighted by Gasteiger charge is -2.48. The largest absolute Gasteiger partial charge is 0.497 e. The predicted octanol–water partition coefficient (Wildman–Crippen LogP) is 1.79. The third kappa shape index (κ3) is 3.25. The molecule has 1 fully saturated rings. The van der Waals surface area contributed by atoms with Gasteiger partial charge in [-0.3, -0.25) is 14.7 Å². The van der Waals surface area contributed by atoms with Gasteiger partial charge in [0.25, 0.3) is 0 Å². The van der Waals surface area contributed by atoms with Gasteiger partial charge in [-0.1, -0.05) is 12.1 Å². The first-order valence-electron chi connectivity index (χ1n) is 8.74. The molecule has 0 unspecified atom stereocenters. The van der Waals surface area contributed by atoms with Crippen LogP contribution in [0.1, 0.15) is 11.1 Å². The Morgan fingerprint density at radius 3 is 2.64 bits per heavy atom. The van der Waals surface area contributed by atoms with Crippen LogP contribution in [0.5, 0.6) is 5.75 Å². The van der Waals surface area contributed by atoms with Crippen LogP contribution in [0.3, 0.4) is 0 Å². The van der Waals surface area contributed by atoms with Crippen LogP contribution >= 0.6 is 11.8 Å².